The topological polar surface area (TPSA) is 60.9 Å². The molecule has 0 saturated carbocycles. The highest BCUT2D eigenvalue weighted by Crippen LogP contribution is 2.15. The van der Waals surface area contributed by atoms with E-state index in [2.05, 4.69) is 11.8 Å². The van der Waals surface area contributed by atoms with Crippen LogP contribution in [-0.2, 0) is 16.0 Å². The Balaban J connectivity index is 1.42. The summed E-state index contributed by atoms with van der Waals surface area (Å²) in [6.07, 6.45) is 3.64. The average molecular weight is 400 g/mol. The van der Waals surface area contributed by atoms with Crippen molar-refractivity contribution >= 4 is 17.6 Å². The third-order valence-electron chi connectivity index (χ3n) is 6.24. The summed E-state index contributed by atoms with van der Waals surface area (Å²) in [6.45, 7) is 8.45. The number of ketones is 1. The van der Waals surface area contributed by atoms with E-state index in [0.717, 1.165) is 32.4 Å². The van der Waals surface area contributed by atoms with Gasteiger partial charge in [-0.05, 0) is 31.7 Å². The summed E-state index contributed by atoms with van der Waals surface area (Å²) in [5.74, 6) is 0.258. The molecule has 6 heteroatoms. The summed E-state index contributed by atoms with van der Waals surface area (Å²) >= 11 is 0. The molecule has 0 radical (unpaired) electrons. The Morgan fingerprint density at radius 3 is 2.07 bits per heavy atom. The highest BCUT2D eigenvalue weighted by Gasteiger charge is 2.30. The molecule has 0 spiro atoms. The molecule has 158 valence electrons. The second-order valence-corrected chi connectivity index (χ2v) is 8.10. The van der Waals surface area contributed by atoms with Gasteiger partial charge in [-0.25, -0.2) is 0 Å². The quantitative estimate of drug-likeness (QED) is 0.661. The van der Waals surface area contributed by atoms with Crippen molar-refractivity contribution in [3.05, 3.63) is 35.4 Å². The second-order valence-electron chi connectivity index (χ2n) is 8.10. The maximum atomic E-state index is 12.6. The predicted molar refractivity (Wildman–Crippen MR) is 113 cm³/mol. The lowest BCUT2D eigenvalue weighted by atomic mass is 10.0. The van der Waals surface area contributed by atoms with Gasteiger partial charge in [0.25, 0.3) is 0 Å². The zero-order valence-corrected chi connectivity index (χ0v) is 17.7. The number of likely N-dealkylation sites (tertiary alicyclic amines) is 1. The Bertz CT molecular complexity index is 717. The number of nitrogens with zero attached hydrogens (tertiary/aromatic N) is 3. The Hall–Kier alpha value is -2.21. The summed E-state index contributed by atoms with van der Waals surface area (Å²) in [4.78, 5) is 43.4. The molecule has 2 amide bonds. The van der Waals surface area contributed by atoms with E-state index >= 15 is 0 Å². The van der Waals surface area contributed by atoms with E-state index in [9.17, 15) is 14.4 Å². The van der Waals surface area contributed by atoms with Crippen molar-refractivity contribution in [1.29, 1.82) is 0 Å². The molecule has 3 rings (SSSR count). The number of rotatable bonds is 7. The summed E-state index contributed by atoms with van der Waals surface area (Å²) in [6, 6.07) is 7.52. The van der Waals surface area contributed by atoms with E-state index in [1.807, 2.05) is 41.0 Å². The number of piperazine rings is 1. The number of carbonyl (C=O) groups is 3. The monoisotopic (exact) mass is 399 g/mol. The molecule has 0 bridgehead atoms. The molecule has 0 N–H and O–H groups in total. The molecule has 1 aromatic rings. The van der Waals surface area contributed by atoms with Crippen LogP contribution in [0.5, 0.6) is 0 Å². The van der Waals surface area contributed by atoms with Crippen molar-refractivity contribution in [2.45, 2.75) is 52.0 Å². The molecule has 6 nitrogen and oxygen atoms in total. The number of amides is 2. The molecule has 2 fully saturated rings. The number of Topliss-reactive ketones (excluding diaryl/α,β-unsaturated/α-hetero) is 1. The summed E-state index contributed by atoms with van der Waals surface area (Å²) < 4.78 is 0. The average Bonchev–Trinajstić information content (AvgIpc) is 3.31. The number of carbonyl (C=O) groups excluding carboxylic acids is 3. The van der Waals surface area contributed by atoms with Gasteiger partial charge in [0, 0.05) is 57.7 Å². The molecule has 2 aliphatic rings. The van der Waals surface area contributed by atoms with Gasteiger partial charge in [-0.15, -0.1) is 0 Å². The van der Waals surface area contributed by atoms with Crippen LogP contribution in [0.2, 0.25) is 0 Å². The van der Waals surface area contributed by atoms with Crippen LogP contribution in [0.25, 0.3) is 0 Å². The predicted octanol–water partition coefficient (Wildman–Crippen LogP) is 2.37. The summed E-state index contributed by atoms with van der Waals surface area (Å²) in [5.41, 5.74) is 1.88. The van der Waals surface area contributed by atoms with Gasteiger partial charge in [0.15, 0.2) is 5.78 Å². The first-order chi connectivity index (χ1) is 14.0. The number of hydrogen-bond donors (Lipinski definition) is 0. The van der Waals surface area contributed by atoms with Crippen LogP contribution >= 0.6 is 0 Å². The maximum Gasteiger partial charge on any atom is 0.239 e. The molecule has 0 unspecified atom stereocenters. The van der Waals surface area contributed by atoms with Crippen LogP contribution in [0.15, 0.2) is 24.3 Å². The lowest BCUT2D eigenvalue weighted by Crippen LogP contribution is -2.55. The summed E-state index contributed by atoms with van der Waals surface area (Å²) in [7, 11) is 0. The number of aryl methyl sites for hydroxylation is 1. The van der Waals surface area contributed by atoms with Crippen molar-refractivity contribution in [3.63, 3.8) is 0 Å². The molecule has 2 heterocycles. The number of hydrogen-bond acceptors (Lipinski definition) is 4. The molecule has 29 heavy (non-hydrogen) atoms. The third-order valence-corrected chi connectivity index (χ3v) is 6.24. The first kappa shape index (κ1) is 21.5. The van der Waals surface area contributed by atoms with Gasteiger partial charge in [-0.1, -0.05) is 31.2 Å². The minimum absolute atomic E-state index is 0.0180. The standard InChI is InChI=1S/C23H33N3O3/c1-3-19-6-8-20(9-7-19)21(27)10-11-22(28)25-16-14-24(15-17-25)18(2)23(29)26-12-4-5-13-26/h6-9,18H,3-5,10-17H2,1-2H3/t18-/m1/s1. The van der Waals surface area contributed by atoms with Gasteiger partial charge in [-0.3, -0.25) is 19.3 Å². The molecule has 2 saturated heterocycles. The molecule has 1 aromatic carbocycles. The Labute approximate surface area is 173 Å². The van der Waals surface area contributed by atoms with Crippen molar-refractivity contribution < 1.29 is 14.4 Å². The van der Waals surface area contributed by atoms with Gasteiger partial charge < -0.3 is 9.80 Å². The zero-order chi connectivity index (χ0) is 20.8. The first-order valence-corrected chi connectivity index (χ1v) is 10.9. The van der Waals surface area contributed by atoms with Crippen LogP contribution in [0.3, 0.4) is 0 Å². The maximum absolute atomic E-state index is 12.6. The van der Waals surface area contributed by atoms with E-state index in [4.69, 9.17) is 0 Å². The molecule has 1 atom stereocenters. The van der Waals surface area contributed by atoms with Crippen molar-refractivity contribution in [2.75, 3.05) is 39.3 Å². The van der Waals surface area contributed by atoms with E-state index in [1.165, 1.54) is 5.56 Å². The minimum atomic E-state index is -0.127. The minimum Gasteiger partial charge on any atom is -0.341 e. The van der Waals surface area contributed by atoms with Gasteiger partial charge in [-0.2, -0.15) is 0 Å². The van der Waals surface area contributed by atoms with Crippen LogP contribution in [0, 0.1) is 0 Å². The fraction of sp³-hybridized carbons (Fsp3) is 0.609. The molecular weight excluding hydrogens is 366 g/mol. The van der Waals surface area contributed by atoms with E-state index < -0.39 is 0 Å². The second kappa shape index (κ2) is 10.0. The molecule has 0 aliphatic carbocycles. The Morgan fingerprint density at radius 2 is 1.48 bits per heavy atom. The van der Waals surface area contributed by atoms with Crippen molar-refractivity contribution in [2.24, 2.45) is 0 Å². The first-order valence-electron chi connectivity index (χ1n) is 10.9. The zero-order valence-electron chi connectivity index (χ0n) is 17.7. The van der Waals surface area contributed by atoms with Crippen LogP contribution in [0.1, 0.15) is 55.5 Å². The fourth-order valence-electron chi connectivity index (χ4n) is 4.17. The molecular formula is C23H33N3O3. The Morgan fingerprint density at radius 1 is 0.862 bits per heavy atom. The normalized spacial score (nSPS) is 18.7. The third kappa shape index (κ3) is 5.44. The fourth-order valence-corrected chi connectivity index (χ4v) is 4.17. The van der Waals surface area contributed by atoms with Crippen molar-refractivity contribution in [3.8, 4) is 0 Å². The van der Waals surface area contributed by atoms with Gasteiger partial charge in [0.2, 0.25) is 11.8 Å². The SMILES string of the molecule is CCc1ccc(C(=O)CCC(=O)N2CCN([C@H](C)C(=O)N3CCCC3)CC2)cc1. The molecule has 0 aromatic heterocycles. The lowest BCUT2D eigenvalue weighted by molar-refractivity contribution is -0.138. The highest BCUT2D eigenvalue weighted by atomic mass is 16.2. The highest BCUT2D eigenvalue weighted by molar-refractivity contribution is 5.98. The largest absolute Gasteiger partial charge is 0.341 e. The van der Waals surface area contributed by atoms with Gasteiger partial charge in [0.1, 0.15) is 0 Å². The summed E-state index contributed by atoms with van der Waals surface area (Å²) in [5, 5.41) is 0. The van der Waals surface area contributed by atoms with E-state index in [1.54, 1.807) is 0 Å². The smallest absolute Gasteiger partial charge is 0.239 e. The Kier molecular flexibility index (Phi) is 7.42. The van der Waals surface area contributed by atoms with Crippen molar-refractivity contribution in [1.82, 2.24) is 14.7 Å². The van der Waals surface area contributed by atoms with Gasteiger partial charge >= 0.3 is 0 Å². The van der Waals surface area contributed by atoms with Crippen LogP contribution in [-0.4, -0.2) is 77.6 Å². The van der Waals surface area contributed by atoms with Gasteiger partial charge in [0.05, 0.1) is 6.04 Å². The van der Waals surface area contributed by atoms with E-state index in [-0.39, 0.29) is 36.5 Å². The number of benzene rings is 1. The van der Waals surface area contributed by atoms with E-state index in [0.29, 0.717) is 31.7 Å². The van der Waals surface area contributed by atoms with Crippen LogP contribution in [0.4, 0.5) is 0 Å². The van der Waals surface area contributed by atoms with Crippen LogP contribution < -0.4 is 0 Å². The molecule has 2 aliphatic heterocycles. The lowest BCUT2D eigenvalue weighted by Gasteiger charge is -2.38.